The maximum Gasteiger partial charge on any atom is 0.257 e. The van der Waals surface area contributed by atoms with E-state index in [0.29, 0.717) is 27.7 Å². The molecule has 0 saturated heterocycles. The molecular formula is C16H16FN3O2S. The molecule has 5 nitrogen and oxygen atoms in total. The van der Waals surface area contributed by atoms with Crippen molar-refractivity contribution < 1.29 is 9.18 Å². The normalized spacial score (nSPS) is 16.2. The second kappa shape index (κ2) is 6.16. The number of anilines is 1. The number of thioether (sulfide) groups is 1. The van der Waals surface area contributed by atoms with Gasteiger partial charge in [0.25, 0.3) is 5.56 Å². The average molecular weight is 333 g/mol. The molecule has 1 aromatic heterocycles. The number of nitrogens with zero attached hydrogens (tertiary/aromatic N) is 2. The van der Waals surface area contributed by atoms with Gasteiger partial charge in [0, 0.05) is 29.6 Å². The topological polar surface area (TPSA) is 64.0 Å². The number of halogens is 1. The minimum Gasteiger partial charge on any atom is -0.326 e. The maximum atomic E-state index is 13.5. The van der Waals surface area contributed by atoms with E-state index in [1.54, 1.807) is 36.7 Å². The quantitative estimate of drug-likeness (QED) is 0.877. The lowest BCUT2D eigenvalue weighted by Gasteiger charge is -2.13. The Kier molecular flexibility index (Phi) is 4.21. The Morgan fingerprint density at radius 3 is 2.96 bits per heavy atom. The Hall–Kier alpha value is -2.15. The van der Waals surface area contributed by atoms with Gasteiger partial charge in [0.05, 0.1) is 6.04 Å². The van der Waals surface area contributed by atoms with E-state index in [0.717, 1.165) is 0 Å². The van der Waals surface area contributed by atoms with Crippen LogP contribution in [0.4, 0.5) is 10.1 Å². The molecule has 1 aromatic carbocycles. The third-order valence-electron chi connectivity index (χ3n) is 3.78. The van der Waals surface area contributed by atoms with Crippen molar-refractivity contribution >= 4 is 23.4 Å². The zero-order valence-electron chi connectivity index (χ0n) is 12.8. The van der Waals surface area contributed by atoms with Crippen molar-refractivity contribution in [3.63, 3.8) is 0 Å². The molecule has 2 heterocycles. The van der Waals surface area contributed by atoms with E-state index in [-0.39, 0.29) is 29.7 Å². The number of carbonyl (C=O) groups excluding carboxylic acids is 1. The van der Waals surface area contributed by atoms with Crippen LogP contribution in [0.5, 0.6) is 0 Å². The second-order valence-electron chi connectivity index (χ2n) is 5.58. The first-order valence-electron chi connectivity index (χ1n) is 7.22. The van der Waals surface area contributed by atoms with Crippen LogP contribution in [-0.4, -0.2) is 21.2 Å². The molecule has 1 amide bonds. The van der Waals surface area contributed by atoms with Gasteiger partial charge >= 0.3 is 0 Å². The molecule has 0 saturated carbocycles. The van der Waals surface area contributed by atoms with Crippen LogP contribution in [0, 0.1) is 19.7 Å². The maximum absolute atomic E-state index is 13.5. The zero-order valence-corrected chi connectivity index (χ0v) is 13.6. The summed E-state index contributed by atoms with van der Waals surface area (Å²) >= 11 is 1.46. The van der Waals surface area contributed by atoms with Gasteiger partial charge in [0.1, 0.15) is 5.82 Å². The highest BCUT2D eigenvalue weighted by atomic mass is 32.2. The summed E-state index contributed by atoms with van der Waals surface area (Å²) in [5.74, 6) is 0.0159. The fourth-order valence-corrected chi connectivity index (χ4v) is 3.57. The zero-order chi connectivity index (χ0) is 16.6. The van der Waals surface area contributed by atoms with Crippen LogP contribution in [0.15, 0.2) is 34.3 Å². The summed E-state index contributed by atoms with van der Waals surface area (Å²) in [5, 5.41) is 3.32. The molecule has 23 heavy (non-hydrogen) atoms. The Balaban J connectivity index is 1.74. The number of amides is 1. The van der Waals surface area contributed by atoms with E-state index < -0.39 is 0 Å². The van der Waals surface area contributed by atoms with Crippen LogP contribution in [-0.2, 0) is 4.79 Å². The van der Waals surface area contributed by atoms with Gasteiger partial charge in [-0.05, 0) is 31.5 Å². The molecule has 1 atom stereocenters. The van der Waals surface area contributed by atoms with Crippen LogP contribution in [0.3, 0.4) is 0 Å². The van der Waals surface area contributed by atoms with E-state index in [4.69, 9.17) is 0 Å². The summed E-state index contributed by atoms with van der Waals surface area (Å²) in [6.45, 7) is 3.37. The monoisotopic (exact) mass is 333 g/mol. The molecule has 1 aliphatic heterocycles. The number of aryl methyl sites for hydroxylation is 2. The third-order valence-corrected chi connectivity index (χ3v) is 4.89. The molecule has 0 radical (unpaired) electrons. The van der Waals surface area contributed by atoms with Gasteiger partial charge in [-0.2, -0.15) is 0 Å². The molecule has 1 N–H and O–H groups in total. The first-order chi connectivity index (χ1) is 11.0. The molecule has 0 bridgehead atoms. The van der Waals surface area contributed by atoms with Crippen LogP contribution in [0.2, 0.25) is 0 Å². The molecule has 2 aromatic rings. The highest BCUT2D eigenvalue weighted by molar-refractivity contribution is 7.99. The number of hydrogen-bond donors (Lipinski definition) is 1. The van der Waals surface area contributed by atoms with Gasteiger partial charge in [-0.25, -0.2) is 9.37 Å². The SMILES string of the molecule is Cc1ccc(NC(=O)CC2CSc3ncc(C)c(=O)n32)cc1F. The smallest absolute Gasteiger partial charge is 0.257 e. The van der Waals surface area contributed by atoms with Crippen LogP contribution < -0.4 is 10.9 Å². The van der Waals surface area contributed by atoms with Crippen LogP contribution in [0.25, 0.3) is 0 Å². The average Bonchev–Trinajstić information content (AvgIpc) is 2.90. The Bertz CT molecular complexity index is 835. The van der Waals surface area contributed by atoms with Crippen molar-refractivity contribution in [2.75, 3.05) is 11.1 Å². The van der Waals surface area contributed by atoms with E-state index >= 15 is 0 Å². The van der Waals surface area contributed by atoms with Crippen molar-refractivity contribution in [1.82, 2.24) is 9.55 Å². The molecule has 1 aliphatic rings. The molecule has 120 valence electrons. The largest absolute Gasteiger partial charge is 0.326 e. The summed E-state index contributed by atoms with van der Waals surface area (Å²) in [4.78, 5) is 28.6. The fraction of sp³-hybridized carbons (Fsp3) is 0.312. The van der Waals surface area contributed by atoms with Crippen molar-refractivity contribution in [2.24, 2.45) is 0 Å². The second-order valence-corrected chi connectivity index (χ2v) is 6.57. The first kappa shape index (κ1) is 15.7. The Morgan fingerprint density at radius 2 is 2.22 bits per heavy atom. The van der Waals surface area contributed by atoms with Gasteiger partial charge in [-0.3, -0.25) is 14.2 Å². The lowest BCUT2D eigenvalue weighted by Crippen LogP contribution is -2.28. The van der Waals surface area contributed by atoms with Gasteiger partial charge in [-0.1, -0.05) is 17.8 Å². The number of nitrogens with one attached hydrogen (secondary N) is 1. The summed E-state index contributed by atoms with van der Waals surface area (Å²) in [5.41, 5.74) is 1.39. The molecule has 7 heteroatoms. The summed E-state index contributed by atoms with van der Waals surface area (Å²) in [6.07, 6.45) is 1.71. The standard InChI is InChI=1S/C16H16FN3O2S/c1-9-3-4-11(5-13(9)17)19-14(21)6-12-8-23-16-18-7-10(2)15(22)20(12)16/h3-5,7,12H,6,8H2,1-2H3,(H,19,21). The number of aromatic nitrogens is 2. The lowest BCUT2D eigenvalue weighted by molar-refractivity contribution is -0.116. The van der Waals surface area contributed by atoms with Gasteiger partial charge in [0.15, 0.2) is 5.16 Å². The van der Waals surface area contributed by atoms with Crippen LogP contribution >= 0.6 is 11.8 Å². The number of hydrogen-bond acceptors (Lipinski definition) is 4. The summed E-state index contributed by atoms with van der Waals surface area (Å²) in [6, 6.07) is 4.34. The minimum absolute atomic E-state index is 0.112. The van der Waals surface area contributed by atoms with Crippen molar-refractivity contribution in [3.05, 3.63) is 51.7 Å². The number of rotatable bonds is 3. The first-order valence-corrected chi connectivity index (χ1v) is 8.21. The van der Waals surface area contributed by atoms with E-state index in [1.165, 1.54) is 17.8 Å². The summed E-state index contributed by atoms with van der Waals surface area (Å²) < 4.78 is 15.1. The van der Waals surface area contributed by atoms with Gasteiger partial charge in [-0.15, -0.1) is 0 Å². The number of carbonyl (C=O) groups is 1. The molecule has 0 aliphatic carbocycles. The van der Waals surface area contributed by atoms with Gasteiger partial charge < -0.3 is 5.32 Å². The molecule has 3 rings (SSSR count). The predicted molar refractivity (Wildman–Crippen MR) is 87.4 cm³/mol. The highest BCUT2D eigenvalue weighted by Gasteiger charge is 2.27. The van der Waals surface area contributed by atoms with E-state index in [1.807, 2.05) is 0 Å². The van der Waals surface area contributed by atoms with Gasteiger partial charge in [0.2, 0.25) is 5.91 Å². The van der Waals surface area contributed by atoms with Crippen molar-refractivity contribution in [3.8, 4) is 0 Å². The lowest BCUT2D eigenvalue weighted by atomic mass is 10.2. The number of benzene rings is 1. The minimum atomic E-state index is -0.361. The highest BCUT2D eigenvalue weighted by Crippen LogP contribution is 2.32. The van der Waals surface area contributed by atoms with E-state index in [2.05, 4.69) is 10.3 Å². The molecule has 0 fully saturated rings. The number of fused-ring (bicyclic) bond motifs is 1. The molecule has 0 spiro atoms. The van der Waals surface area contributed by atoms with Crippen molar-refractivity contribution in [2.45, 2.75) is 31.5 Å². The predicted octanol–water partition coefficient (Wildman–Crippen LogP) is 2.67. The Labute approximate surface area is 136 Å². The Morgan fingerprint density at radius 1 is 1.43 bits per heavy atom. The fourth-order valence-electron chi connectivity index (χ4n) is 2.47. The third kappa shape index (κ3) is 3.14. The van der Waals surface area contributed by atoms with Crippen LogP contribution in [0.1, 0.15) is 23.6 Å². The molecular weight excluding hydrogens is 317 g/mol. The van der Waals surface area contributed by atoms with E-state index in [9.17, 15) is 14.0 Å². The summed E-state index contributed by atoms with van der Waals surface area (Å²) in [7, 11) is 0. The van der Waals surface area contributed by atoms with Crippen molar-refractivity contribution in [1.29, 1.82) is 0 Å². The molecule has 1 unspecified atom stereocenters.